The molecule has 0 radical (unpaired) electrons. The number of likely N-dealkylation sites (tertiary alicyclic amines) is 1. The SMILES string of the molecule is CC1CC(O)CN(CC=CC(=O)O)C1. The van der Waals surface area contributed by atoms with Gasteiger partial charge in [0.15, 0.2) is 0 Å². The van der Waals surface area contributed by atoms with E-state index in [2.05, 4.69) is 11.8 Å². The highest BCUT2D eigenvalue weighted by Gasteiger charge is 2.21. The smallest absolute Gasteiger partial charge is 0.328 e. The van der Waals surface area contributed by atoms with Crippen LogP contribution >= 0.6 is 0 Å². The molecule has 2 atom stereocenters. The Morgan fingerprint density at radius 1 is 1.57 bits per heavy atom. The van der Waals surface area contributed by atoms with Crippen LogP contribution in [-0.4, -0.2) is 46.8 Å². The molecule has 1 heterocycles. The van der Waals surface area contributed by atoms with Crippen molar-refractivity contribution in [1.29, 1.82) is 0 Å². The van der Waals surface area contributed by atoms with Crippen molar-refractivity contribution in [3.8, 4) is 0 Å². The van der Waals surface area contributed by atoms with Gasteiger partial charge >= 0.3 is 5.97 Å². The maximum atomic E-state index is 10.2. The molecule has 0 spiro atoms. The lowest BCUT2D eigenvalue weighted by Crippen LogP contribution is -2.42. The van der Waals surface area contributed by atoms with E-state index in [9.17, 15) is 9.90 Å². The van der Waals surface area contributed by atoms with E-state index < -0.39 is 5.97 Å². The number of aliphatic hydroxyl groups excluding tert-OH is 1. The van der Waals surface area contributed by atoms with Crippen LogP contribution in [-0.2, 0) is 4.79 Å². The molecule has 4 nitrogen and oxygen atoms in total. The number of β-amino-alcohol motifs (C(OH)–C–C–N with tert-alkyl or cyclic N) is 1. The van der Waals surface area contributed by atoms with Crippen LogP contribution in [0.15, 0.2) is 12.2 Å². The number of aliphatic carboxylic acids is 1. The summed E-state index contributed by atoms with van der Waals surface area (Å²) in [6.07, 6.45) is 3.34. The molecule has 1 aliphatic heterocycles. The number of carbonyl (C=O) groups is 1. The highest BCUT2D eigenvalue weighted by Crippen LogP contribution is 2.15. The zero-order valence-corrected chi connectivity index (χ0v) is 8.39. The number of aliphatic hydroxyl groups is 1. The van der Waals surface area contributed by atoms with Gasteiger partial charge in [-0.15, -0.1) is 0 Å². The van der Waals surface area contributed by atoms with Crippen LogP contribution in [0.25, 0.3) is 0 Å². The fourth-order valence-electron chi connectivity index (χ4n) is 1.88. The van der Waals surface area contributed by atoms with Crippen molar-refractivity contribution >= 4 is 5.97 Å². The Bertz CT molecular complexity index is 217. The molecule has 14 heavy (non-hydrogen) atoms. The number of hydrogen-bond donors (Lipinski definition) is 2. The van der Waals surface area contributed by atoms with Gasteiger partial charge in [0.1, 0.15) is 0 Å². The fourth-order valence-corrected chi connectivity index (χ4v) is 1.88. The summed E-state index contributed by atoms with van der Waals surface area (Å²) in [5.41, 5.74) is 0. The summed E-state index contributed by atoms with van der Waals surface area (Å²) in [5, 5.41) is 17.9. The number of piperidine rings is 1. The molecule has 0 aliphatic carbocycles. The maximum Gasteiger partial charge on any atom is 0.328 e. The van der Waals surface area contributed by atoms with Crippen molar-refractivity contribution in [3.63, 3.8) is 0 Å². The van der Waals surface area contributed by atoms with Crippen LogP contribution in [0.4, 0.5) is 0 Å². The molecule has 4 heteroatoms. The van der Waals surface area contributed by atoms with Crippen LogP contribution in [0.1, 0.15) is 13.3 Å². The first kappa shape index (κ1) is 11.2. The molecular formula is C10H17NO3. The average molecular weight is 199 g/mol. The average Bonchev–Trinajstić information content (AvgIpc) is 2.01. The molecule has 2 unspecified atom stereocenters. The van der Waals surface area contributed by atoms with E-state index in [1.807, 2.05) is 0 Å². The normalized spacial score (nSPS) is 29.6. The van der Waals surface area contributed by atoms with Gasteiger partial charge in [-0.3, -0.25) is 4.90 Å². The zero-order chi connectivity index (χ0) is 10.6. The fraction of sp³-hybridized carbons (Fsp3) is 0.700. The Morgan fingerprint density at radius 3 is 2.86 bits per heavy atom. The molecule has 0 amide bonds. The molecule has 1 fully saturated rings. The summed E-state index contributed by atoms with van der Waals surface area (Å²) >= 11 is 0. The number of rotatable bonds is 3. The van der Waals surface area contributed by atoms with Gasteiger partial charge in [-0.2, -0.15) is 0 Å². The van der Waals surface area contributed by atoms with Crippen molar-refractivity contribution in [3.05, 3.63) is 12.2 Å². The molecule has 2 N–H and O–H groups in total. The second kappa shape index (κ2) is 5.12. The van der Waals surface area contributed by atoms with E-state index in [1.165, 1.54) is 0 Å². The summed E-state index contributed by atoms with van der Waals surface area (Å²) in [6, 6.07) is 0. The topological polar surface area (TPSA) is 60.8 Å². The lowest BCUT2D eigenvalue weighted by Gasteiger charge is -2.33. The Hall–Kier alpha value is -0.870. The van der Waals surface area contributed by atoms with Gasteiger partial charge in [-0.1, -0.05) is 13.0 Å². The van der Waals surface area contributed by atoms with Crippen molar-refractivity contribution in [1.82, 2.24) is 4.90 Å². The summed E-state index contributed by atoms with van der Waals surface area (Å²) in [7, 11) is 0. The molecule has 1 rings (SSSR count). The monoisotopic (exact) mass is 199 g/mol. The van der Waals surface area contributed by atoms with Gasteiger partial charge < -0.3 is 10.2 Å². The summed E-state index contributed by atoms with van der Waals surface area (Å²) in [4.78, 5) is 12.3. The van der Waals surface area contributed by atoms with Crippen LogP contribution in [0, 0.1) is 5.92 Å². The molecular weight excluding hydrogens is 182 g/mol. The van der Waals surface area contributed by atoms with E-state index >= 15 is 0 Å². The van der Waals surface area contributed by atoms with E-state index in [4.69, 9.17) is 5.11 Å². The third kappa shape index (κ3) is 3.89. The number of carboxylic acids is 1. The molecule has 0 aromatic rings. The predicted octanol–water partition coefficient (Wildman–Crippen LogP) is 0.330. The van der Waals surface area contributed by atoms with Crippen LogP contribution in [0.2, 0.25) is 0 Å². The lowest BCUT2D eigenvalue weighted by atomic mass is 9.98. The van der Waals surface area contributed by atoms with Crippen LogP contribution < -0.4 is 0 Å². The molecule has 1 aliphatic rings. The van der Waals surface area contributed by atoms with Gasteiger partial charge in [-0.05, 0) is 12.3 Å². The van der Waals surface area contributed by atoms with Crippen LogP contribution in [0.3, 0.4) is 0 Å². The number of hydrogen-bond acceptors (Lipinski definition) is 3. The van der Waals surface area contributed by atoms with Gasteiger partial charge in [0.05, 0.1) is 6.10 Å². The van der Waals surface area contributed by atoms with Crippen molar-refractivity contribution < 1.29 is 15.0 Å². The minimum absolute atomic E-state index is 0.267. The Balaban J connectivity index is 2.33. The second-order valence-electron chi connectivity index (χ2n) is 3.95. The molecule has 0 saturated carbocycles. The van der Waals surface area contributed by atoms with E-state index in [0.29, 0.717) is 19.0 Å². The molecule has 80 valence electrons. The first-order valence-electron chi connectivity index (χ1n) is 4.88. The number of carboxylic acid groups (broad SMARTS) is 1. The molecule has 0 aromatic carbocycles. The summed E-state index contributed by atoms with van der Waals surface area (Å²) in [5.74, 6) is -0.437. The van der Waals surface area contributed by atoms with Crippen LogP contribution in [0.5, 0.6) is 0 Å². The Kier molecular flexibility index (Phi) is 4.10. The third-order valence-corrected chi connectivity index (χ3v) is 2.34. The van der Waals surface area contributed by atoms with E-state index in [-0.39, 0.29) is 6.10 Å². The molecule has 0 aromatic heterocycles. The van der Waals surface area contributed by atoms with Gasteiger partial charge in [0.2, 0.25) is 0 Å². The highest BCUT2D eigenvalue weighted by molar-refractivity contribution is 5.79. The Labute approximate surface area is 83.8 Å². The predicted molar refractivity (Wildman–Crippen MR) is 53.0 cm³/mol. The minimum Gasteiger partial charge on any atom is -0.478 e. The molecule has 1 saturated heterocycles. The standard InChI is InChI=1S/C10H17NO3/c1-8-5-9(12)7-11(6-8)4-2-3-10(13)14/h2-3,8-9,12H,4-7H2,1H3,(H,13,14). The highest BCUT2D eigenvalue weighted by atomic mass is 16.4. The van der Waals surface area contributed by atoms with Crippen molar-refractivity contribution in [2.24, 2.45) is 5.92 Å². The van der Waals surface area contributed by atoms with E-state index in [0.717, 1.165) is 19.0 Å². The Morgan fingerprint density at radius 2 is 2.29 bits per heavy atom. The third-order valence-electron chi connectivity index (χ3n) is 2.34. The lowest BCUT2D eigenvalue weighted by molar-refractivity contribution is -0.131. The number of nitrogens with zero attached hydrogens (tertiary/aromatic N) is 1. The van der Waals surface area contributed by atoms with Gasteiger partial charge in [0.25, 0.3) is 0 Å². The maximum absolute atomic E-state index is 10.2. The van der Waals surface area contributed by atoms with Gasteiger partial charge in [-0.25, -0.2) is 4.79 Å². The second-order valence-corrected chi connectivity index (χ2v) is 3.95. The van der Waals surface area contributed by atoms with Crippen molar-refractivity contribution in [2.75, 3.05) is 19.6 Å². The van der Waals surface area contributed by atoms with E-state index in [1.54, 1.807) is 6.08 Å². The van der Waals surface area contributed by atoms with Crippen molar-refractivity contribution in [2.45, 2.75) is 19.4 Å². The van der Waals surface area contributed by atoms with Gasteiger partial charge in [0, 0.05) is 25.7 Å². The quantitative estimate of drug-likeness (QED) is 0.643. The summed E-state index contributed by atoms with van der Waals surface area (Å²) < 4.78 is 0. The first-order chi connectivity index (χ1) is 6.58. The first-order valence-corrected chi connectivity index (χ1v) is 4.88. The zero-order valence-electron chi connectivity index (χ0n) is 8.39. The largest absolute Gasteiger partial charge is 0.478 e. The molecule has 0 bridgehead atoms. The summed E-state index contributed by atoms with van der Waals surface area (Å²) in [6.45, 7) is 4.28. The minimum atomic E-state index is -0.921.